The summed E-state index contributed by atoms with van der Waals surface area (Å²) < 4.78 is 2.05. The van der Waals surface area contributed by atoms with Crippen LogP contribution in [-0.4, -0.2) is 40.7 Å². The van der Waals surface area contributed by atoms with E-state index in [-0.39, 0.29) is 6.04 Å². The summed E-state index contributed by atoms with van der Waals surface area (Å²) in [6, 6.07) is 4.77. The predicted molar refractivity (Wildman–Crippen MR) is 110 cm³/mol. The Hall–Kier alpha value is -3.29. The van der Waals surface area contributed by atoms with Crippen molar-refractivity contribution in [1.82, 2.24) is 34.7 Å². The second-order valence-electron chi connectivity index (χ2n) is 7.87. The molecule has 8 heteroatoms. The van der Waals surface area contributed by atoms with E-state index in [9.17, 15) is 0 Å². The molecule has 0 saturated heterocycles. The molecule has 146 valence electrons. The van der Waals surface area contributed by atoms with Crippen LogP contribution < -0.4 is 4.90 Å². The van der Waals surface area contributed by atoms with Crippen molar-refractivity contribution in [2.24, 2.45) is 0 Å². The lowest BCUT2D eigenvalue weighted by Crippen LogP contribution is -2.42. The van der Waals surface area contributed by atoms with Crippen LogP contribution in [0.25, 0.3) is 28.1 Å². The summed E-state index contributed by atoms with van der Waals surface area (Å²) in [5, 5.41) is 9.69. The molecule has 0 amide bonds. The molecule has 0 aromatic carbocycles. The number of fused-ring (bicyclic) bond motifs is 4. The van der Waals surface area contributed by atoms with Crippen LogP contribution in [0.5, 0.6) is 0 Å². The highest BCUT2D eigenvalue weighted by molar-refractivity contribution is 5.80. The van der Waals surface area contributed by atoms with Gasteiger partial charge < -0.3 is 9.88 Å². The highest BCUT2D eigenvalue weighted by Gasteiger charge is 2.38. The number of pyridine rings is 1. The van der Waals surface area contributed by atoms with Crippen LogP contribution in [0, 0.1) is 0 Å². The first-order valence-electron chi connectivity index (χ1n) is 10.3. The Labute approximate surface area is 168 Å². The molecule has 8 nitrogen and oxygen atoms in total. The molecule has 29 heavy (non-hydrogen) atoms. The van der Waals surface area contributed by atoms with Gasteiger partial charge in [0.2, 0.25) is 0 Å². The average Bonchev–Trinajstić information content (AvgIpc) is 3.53. The van der Waals surface area contributed by atoms with Crippen molar-refractivity contribution in [3.8, 4) is 17.1 Å². The molecule has 1 aliphatic heterocycles. The van der Waals surface area contributed by atoms with Gasteiger partial charge in [0, 0.05) is 29.4 Å². The average molecular weight is 386 g/mol. The van der Waals surface area contributed by atoms with Crippen molar-refractivity contribution in [2.75, 3.05) is 4.90 Å². The number of hydrogen-bond donors (Lipinski definition) is 1. The Morgan fingerprint density at radius 1 is 1.17 bits per heavy atom. The van der Waals surface area contributed by atoms with Gasteiger partial charge in [-0.15, -0.1) is 10.2 Å². The van der Waals surface area contributed by atoms with E-state index >= 15 is 0 Å². The van der Waals surface area contributed by atoms with Gasteiger partial charge in [-0.25, -0.2) is 15.0 Å². The Balaban J connectivity index is 1.53. The van der Waals surface area contributed by atoms with Gasteiger partial charge in [0.05, 0.1) is 12.2 Å². The summed E-state index contributed by atoms with van der Waals surface area (Å²) in [5.41, 5.74) is 2.76. The summed E-state index contributed by atoms with van der Waals surface area (Å²) in [5.74, 6) is 2.67. The van der Waals surface area contributed by atoms with Crippen molar-refractivity contribution in [3.05, 3.63) is 42.9 Å². The van der Waals surface area contributed by atoms with E-state index in [4.69, 9.17) is 4.98 Å². The van der Waals surface area contributed by atoms with Crippen LogP contribution in [-0.2, 0) is 0 Å². The Morgan fingerprint density at radius 3 is 2.93 bits per heavy atom. The number of nitrogens with zero attached hydrogens (tertiary/aromatic N) is 7. The zero-order valence-corrected chi connectivity index (χ0v) is 16.3. The van der Waals surface area contributed by atoms with Gasteiger partial charge in [-0.05, 0) is 31.4 Å². The van der Waals surface area contributed by atoms with Crippen molar-refractivity contribution in [3.63, 3.8) is 0 Å². The minimum absolute atomic E-state index is 0.182. The molecule has 1 N–H and O–H groups in total. The Morgan fingerprint density at radius 2 is 2.07 bits per heavy atom. The smallest absolute Gasteiger partial charge is 0.163 e. The predicted octanol–water partition coefficient (Wildman–Crippen LogP) is 3.81. The number of nitrogens with one attached hydrogen (secondary N) is 1. The summed E-state index contributed by atoms with van der Waals surface area (Å²) in [4.78, 5) is 19.9. The van der Waals surface area contributed by atoms with Gasteiger partial charge in [0.15, 0.2) is 17.5 Å². The van der Waals surface area contributed by atoms with E-state index in [2.05, 4.69) is 43.0 Å². The van der Waals surface area contributed by atoms with Crippen molar-refractivity contribution in [1.29, 1.82) is 0 Å². The fourth-order valence-electron chi connectivity index (χ4n) is 4.85. The summed E-state index contributed by atoms with van der Waals surface area (Å²) in [7, 11) is 0. The molecule has 0 radical (unpaired) electrons. The second kappa shape index (κ2) is 6.37. The standard InChI is InChI=1S/C21H22N8/c1-2-16-21-27-25-12-28(21)17-11-24-19(14-9-13-7-8-22-18(13)23-10-14)26-20(17)29(16)15-5-3-4-6-15/h7-12,15-16H,2-6H2,1H3,(H,22,23)/t16-/m1/s1. The van der Waals surface area contributed by atoms with Gasteiger partial charge in [-0.1, -0.05) is 19.8 Å². The van der Waals surface area contributed by atoms with Crippen LogP contribution in [0.1, 0.15) is 50.9 Å². The SMILES string of the molecule is CC[C@@H]1c2nncn2-c2cnc(-c3cnc4[nH]ccc4c3)nc2N1C1CCCC1. The highest BCUT2D eigenvalue weighted by Crippen LogP contribution is 2.42. The van der Waals surface area contributed by atoms with Crippen LogP contribution >= 0.6 is 0 Å². The van der Waals surface area contributed by atoms with Gasteiger partial charge >= 0.3 is 0 Å². The van der Waals surface area contributed by atoms with Crippen LogP contribution in [0.2, 0.25) is 0 Å². The molecular formula is C21H22N8. The minimum atomic E-state index is 0.182. The number of anilines is 1. The number of aromatic amines is 1. The first kappa shape index (κ1) is 16.6. The highest BCUT2D eigenvalue weighted by atomic mass is 15.4. The van der Waals surface area contributed by atoms with E-state index < -0.39 is 0 Å². The van der Waals surface area contributed by atoms with Crippen LogP contribution in [0.15, 0.2) is 37.1 Å². The second-order valence-corrected chi connectivity index (χ2v) is 7.87. The van der Waals surface area contributed by atoms with Gasteiger partial charge in [0.25, 0.3) is 0 Å². The molecule has 6 rings (SSSR count). The summed E-state index contributed by atoms with van der Waals surface area (Å²) in [6.07, 6.45) is 13.3. The fraction of sp³-hybridized carbons (Fsp3) is 0.381. The van der Waals surface area contributed by atoms with Crippen LogP contribution in [0.4, 0.5) is 5.82 Å². The number of hydrogen-bond acceptors (Lipinski definition) is 6. The summed E-state index contributed by atoms with van der Waals surface area (Å²) in [6.45, 7) is 2.21. The lowest BCUT2D eigenvalue weighted by molar-refractivity contribution is 0.469. The number of H-pyrrole nitrogens is 1. The van der Waals surface area contributed by atoms with Crippen molar-refractivity contribution in [2.45, 2.75) is 51.1 Å². The topological polar surface area (TPSA) is 88.4 Å². The lowest BCUT2D eigenvalue weighted by Gasteiger charge is -2.40. The van der Waals surface area contributed by atoms with E-state index in [1.165, 1.54) is 25.7 Å². The molecule has 1 fully saturated rings. The maximum Gasteiger partial charge on any atom is 0.163 e. The maximum absolute atomic E-state index is 5.07. The van der Waals surface area contributed by atoms with Crippen LogP contribution in [0.3, 0.4) is 0 Å². The molecule has 1 atom stereocenters. The molecule has 1 aliphatic carbocycles. The zero-order valence-electron chi connectivity index (χ0n) is 16.3. The lowest BCUT2D eigenvalue weighted by atomic mass is 10.0. The molecule has 0 unspecified atom stereocenters. The molecule has 0 spiro atoms. The largest absolute Gasteiger partial charge is 0.346 e. The van der Waals surface area contributed by atoms with Crippen molar-refractivity contribution >= 4 is 16.9 Å². The van der Waals surface area contributed by atoms with E-state index in [1.807, 2.05) is 29.2 Å². The molecule has 0 bridgehead atoms. The molecule has 4 aromatic heterocycles. The third-order valence-corrected chi connectivity index (χ3v) is 6.23. The molecular weight excluding hydrogens is 364 g/mol. The maximum atomic E-state index is 5.07. The third kappa shape index (κ3) is 2.48. The van der Waals surface area contributed by atoms with E-state index in [0.29, 0.717) is 11.9 Å². The fourth-order valence-corrected chi connectivity index (χ4v) is 4.85. The summed E-state index contributed by atoms with van der Waals surface area (Å²) >= 11 is 0. The Kier molecular flexibility index (Phi) is 3.65. The van der Waals surface area contributed by atoms with E-state index in [0.717, 1.165) is 40.3 Å². The normalized spacial score (nSPS) is 18.9. The van der Waals surface area contributed by atoms with Gasteiger partial charge in [0.1, 0.15) is 17.7 Å². The first-order chi connectivity index (χ1) is 14.3. The monoisotopic (exact) mass is 386 g/mol. The number of aromatic nitrogens is 7. The molecule has 2 aliphatic rings. The Bertz CT molecular complexity index is 1190. The first-order valence-corrected chi connectivity index (χ1v) is 10.3. The molecule has 4 aromatic rings. The third-order valence-electron chi connectivity index (χ3n) is 6.23. The molecule has 1 saturated carbocycles. The minimum Gasteiger partial charge on any atom is -0.346 e. The van der Waals surface area contributed by atoms with Gasteiger partial charge in [-0.2, -0.15) is 0 Å². The number of rotatable bonds is 3. The molecule has 5 heterocycles. The van der Waals surface area contributed by atoms with Crippen molar-refractivity contribution < 1.29 is 0 Å². The quantitative estimate of drug-likeness (QED) is 0.576. The zero-order chi connectivity index (χ0) is 19.4. The van der Waals surface area contributed by atoms with Gasteiger partial charge in [-0.3, -0.25) is 4.57 Å². The van der Waals surface area contributed by atoms with E-state index in [1.54, 1.807) is 6.33 Å².